The van der Waals surface area contributed by atoms with Crippen molar-refractivity contribution in [3.05, 3.63) is 12.2 Å². The summed E-state index contributed by atoms with van der Waals surface area (Å²) in [5, 5.41) is 0. The van der Waals surface area contributed by atoms with E-state index in [1.54, 1.807) is 25.7 Å². The molecular formula is C15H22. The van der Waals surface area contributed by atoms with E-state index in [0.29, 0.717) is 0 Å². The zero-order valence-electron chi connectivity index (χ0n) is 9.57. The highest BCUT2D eigenvalue weighted by Gasteiger charge is 2.50. The van der Waals surface area contributed by atoms with Crippen molar-refractivity contribution in [1.29, 1.82) is 0 Å². The Kier molecular flexibility index (Phi) is 1.84. The van der Waals surface area contributed by atoms with Crippen LogP contribution in [0.3, 0.4) is 0 Å². The van der Waals surface area contributed by atoms with E-state index in [4.69, 9.17) is 0 Å². The molecule has 0 bridgehead atoms. The lowest BCUT2D eigenvalue weighted by Crippen LogP contribution is -2.39. The van der Waals surface area contributed by atoms with Crippen LogP contribution >= 0.6 is 0 Å². The maximum absolute atomic E-state index is 2.63. The number of allylic oxidation sites excluding steroid dienone is 2. The molecule has 0 amide bonds. The van der Waals surface area contributed by atoms with Gasteiger partial charge in [0.2, 0.25) is 0 Å². The molecule has 0 aromatic rings. The van der Waals surface area contributed by atoms with E-state index in [0.717, 1.165) is 35.5 Å². The maximum atomic E-state index is 2.63. The predicted molar refractivity (Wildman–Crippen MR) is 62.4 cm³/mol. The number of hydrogen-bond donors (Lipinski definition) is 0. The van der Waals surface area contributed by atoms with Crippen LogP contribution < -0.4 is 0 Å². The molecule has 82 valence electrons. The van der Waals surface area contributed by atoms with Gasteiger partial charge in [0.25, 0.3) is 0 Å². The summed E-state index contributed by atoms with van der Waals surface area (Å²) in [7, 11) is 0. The second-order valence-corrected chi connectivity index (χ2v) is 6.48. The Morgan fingerprint density at radius 3 is 2.67 bits per heavy atom. The van der Waals surface area contributed by atoms with Crippen molar-refractivity contribution in [3.63, 3.8) is 0 Å². The predicted octanol–water partition coefficient (Wildman–Crippen LogP) is 4.02. The van der Waals surface area contributed by atoms with Gasteiger partial charge in [-0.15, -0.1) is 0 Å². The fourth-order valence-corrected chi connectivity index (χ4v) is 5.53. The minimum absolute atomic E-state index is 0.996. The standard InChI is InChI=1S/C15H22/c1-3-10-7-8-14-13-6-2-4-11(13)9-12(5-1)15(10)14/h7-8,10-15H,1-6,9H2. The summed E-state index contributed by atoms with van der Waals surface area (Å²) < 4.78 is 0. The second kappa shape index (κ2) is 3.12. The normalized spacial score (nSPS) is 56.5. The van der Waals surface area contributed by atoms with E-state index in [9.17, 15) is 0 Å². The summed E-state index contributed by atoms with van der Waals surface area (Å²) in [6.07, 6.45) is 16.1. The summed E-state index contributed by atoms with van der Waals surface area (Å²) in [5.41, 5.74) is 0. The van der Waals surface area contributed by atoms with Gasteiger partial charge >= 0.3 is 0 Å². The van der Waals surface area contributed by atoms with Gasteiger partial charge in [-0.25, -0.2) is 0 Å². The molecule has 0 spiro atoms. The smallest absolute Gasteiger partial charge is 0.0166 e. The quantitative estimate of drug-likeness (QED) is 0.520. The first kappa shape index (κ1) is 8.84. The summed E-state index contributed by atoms with van der Waals surface area (Å²) in [6.45, 7) is 0. The lowest BCUT2D eigenvalue weighted by atomic mass is 9.58. The second-order valence-electron chi connectivity index (χ2n) is 6.48. The molecule has 0 aliphatic heterocycles. The highest BCUT2D eigenvalue weighted by molar-refractivity contribution is 5.14. The van der Waals surface area contributed by atoms with Gasteiger partial charge < -0.3 is 0 Å². The van der Waals surface area contributed by atoms with Crippen LogP contribution in [0.4, 0.5) is 0 Å². The van der Waals surface area contributed by atoms with Crippen LogP contribution in [0, 0.1) is 35.5 Å². The molecule has 4 rings (SSSR count). The molecule has 0 radical (unpaired) electrons. The largest absolute Gasteiger partial charge is 0.0848 e. The average molecular weight is 202 g/mol. The van der Waals surface area contributed by atoms with Crippen molar-refractivity contribution in [2.24, 2.45) is 35.5 Å². The first-order valence-electron chi connectivity index (χ1n) is 7.12. The van der Waals surface area contributed by atoms with Crippen LogP contribution in [-0.2, 0) is 0 Å². The lowest BCUT2D eigenvalue weighted by molar-refractivity contribution is 0.0372. The fourth-order valence-electron chi connectivity index (χ4n) is 5.53. The van der Waals surface area contributed by atoms with Crippen LogP contribution in [0.5, 0.6) is 0 Å². The summed E-state index contributed by atoms with van der Waals surface area (Å²) in [6, 6.07) is 0. The summed E-state index contributed by atoms with van der Waals surface area (Å²) in [4.78, 5) is 0. The lowest BCUT2D eigenvalue weighted by Gasteiger charge is -2.46. The van der Waals surface area contributed by atoms with E-state index < -0.39 is 0 Å². The van der Waals surface area contributed by atoms with Crippen LogP contribution in [0.15, 0.2) is 12.2 Å². The molecule has 0 saturated heterocycles. The first-order chi connectivity index (χ1) is 7.43. The fraction of sp³-hybridized carbons (Fsp3) is 0.867. The van der Waals surface area contributed by atoms with Gasteiger partial charge in [-0.3, -0.25) is 0 Å². The Hall–Kier alpha value is -0.260. The van der Waals surface area contributed by atoms with Crippen molar-refractivity contribution < 1.29 is 0 Å². The molecule has 0 N–H and O–H groups in total. The number of rotatable bonds is 0. The number of fused-ring (bicyclic) bond motifs is 2. The van der Waals surface area contributed by atoms with Crippen molar-refractivity contribution in [2.45, 2.75) is 44.9 Å². The molecule has 0 heterocycles. The molecule has 0 aromatic heterocycles. The Labute approximate surface area is 93.1 Å². The van der Waals surface area contributed by atoms with E-state index in [1.807, 2.05) is 0 Å². The van der Waals surface area contributed by atoms with Gasteiger partial charge in [0, 0.05) is 0 Å². The van der Waals surface area contributed by atoms with Crippen LogP contribution in [0.1, 0.15) is 44.9 Å². The molecule has 0 nitrogen and oxygen atoms in total. The third kappa shape index (κ3) is 1.14. The zero-order chi connectivity index (χ0) is 9.83. The average Bonchev–Trinajstić information content (AvgIpc) is 2.85. The third-order valence-corrected chi connectivity index (χ3v) is 5.99. The Morgan fingerprint density at radius 1 is 0.800 bits per heavy atom. The van der Waals surface area contributed by atoms with Gasteiger partial charge in [0.05, 0.1) is 0 Å². The van der Waals surface area contributed by atoms with E-state index in [2.05, 4.69) is 12.2 Å². The zero-order valence-corrected chi connectivity index (χ0v) is 9.57. The van der Waals surface area contributed by atoms with Crippen molar-refractivity contribution in [3.8, 4) is 0 Å². The monoisotopic (exact) mass is 202 g/mol. The molecule has 4 aliphatic rings. The van der Waals surface area contributed by atoms with E-state index in [-0.39, 0.29) is 0 Å². The third-order valence-electron chi connectivity index (χ3n) is 5.99. The maximum Gasteiger partial charge on any atom is -0.0166 e. The van der Waals surface area contributed by atoms with Crippen LogP contribution in [-0.4, -0.2) is 0 Å². The first-order valence-corrected chi connectivity index (χ1v) is 7.12. The Morgan fingerprint density at radius 2 is 1.67 bits per heavy atom. The van der Waals surface area contributed by atoms with Gasteiger partial charge in [-0.05, 0) is 54.8 Å². The minimum Gasteiger partial charge on any atom is -0.0848 e. The molecular weight excluding hydrogens is 180 g/mol. The Bertz CT molecular complexity index is 290. The van der Waals surface area contributed by atoms with Gasteiger partial charge in [0.15, 0.2) is 0 Å². The van der Waals surface area contributed by atoms with E-state index in [1.165, 1.54) is 19.3 Å². The molecule has 3 fully saturated rings. The van der Waals surface area contributed by atoms with Gasteiger partial charge in [-0.2, -0.15) is 0 Å². The summed E-state index contributed by atoms with van der Waals surface area (Å²) >= 11 is 0. The highest BCUT2D eigenvalue weighted by atomic mass is 14.5. The number of hydrogen-bond acceptors (Lipinski definition) is 0. The molecule has 6 unspecified atom stereocenters. The van der Waals surface area contributed by atoms with Crippen molar-refractivity contribution in [2.75, 3.05) is 0 Å². The highest BCUT2D eigenvalue weighted by Crippen LogP contribution is 2.58. The van der Waals surface area contributed by atoms with Crippen LogP contribution in [0.25, 0.3) is 0 Å². The molecule has 15 heavy (non-hydrogen) atoms. The van der Waals surface area contributed by atoms with Crippen molar-refractivity contribution >= 4 is 0 Å². The topological polar surface area (TPSA) is 0 Å². The minimum atomic E-state index is 0.996. The van der Waals surface area contributed by atoms with E-state index >= 15 is 0 Å². The molecule has 0 heteroatoms. The van der Waals surface area contributed by atoms with Crippen LogP contribution in [0.2, 0.25) is 0 Å². The molecule has 0 aromatic carbocycles. The van der Waals surface area contributed by atoms with Crippen molar-refractivity contribution in [1.82, 2.24) is 0 Å². The summed E-state index contributed by atoms with van der Waals surface area (Å²) in [5.74, 6) is 6.45. The molecule has 6 atom stereocenters. The van der Waals surface area contributed by atoms with Gasteiger partial charge in [-0.1, -0.05) is 37.8 Å². The SMILES string of the molecule is C1=CC2C3CCCC3CC3CCCC1C32. The molecule has 4 aliphatic carbocycles. The van der Waals surface area contributed by atoms with Gasteiger partial charge in [0.1, 0.15) is 0 Å². The molecule has 3 saturated carbocycles. The Balaban J connectivity index is 1.69.